The second kappa shape index (κ2) is 9.64. The molecule has 6 heteroatoms. The molecule has 0 atom stereocenters. The Morgan fingerprint density at radius 2 is 1.54 bits per heavy atom. The largest absolute Gasteiger partial charge is 0.339 e. The van der Waals surface area contributed by atoms with Crippen molar-refractivity contribution >= 4 is 21.5 Å². The summed E-state index contributed by atoms with van der Waals surface area (Å²) in [4.78, 5) is 26.5. The van der Waals surface area contributed by atoms with Crippen molar-refractivity contribution in [2.24, 2.45) is 0 Å². The van der Waals surface area contributed by atoms with Crippen molar-refractivity contribution in [3.63, 3.8) is 0 Å². The van der Waals surface area contributed by atoms with Crippen LogP contribution in [0.5, 0.6) is 0 Å². The van der Waals surface area contributed by atoms with Crippen LogP contribution >= 0.6 is 0 Å². The standard InChI is InChI=1S/C22H27NO4S/c1-4-23(5-2)22(25)20-8-6-7-9-21(20)28(26,27)15-14-19(24)16-18-12-10-17(3)11-13-18/h6-13H,4-5,14-16H2,1-3H3. The van der Waals surface area contributed by atoms with Crippen molar-refractivity contribution < 1.29 is 18.0 Å². The summed E-state index contributed by atoms with van der Waals surface area (Å²) in [5.41, 5.74) is 2.13. The van der Waals surface area contributed by atoms with Crippen LogP contribution < -0.4 is 0 Å². The lowest BCUT2D eigenvalue weighted by atomic mass is 10.1. The van der Waals surface area contributed by atoms with E-state index in [2.05, 4.69) is 0 Å². The quantitative estimate of drug-likeness (QED) is 0.645. The Morgan fingerprint density at radius 1 is 0.929 bits per heavy atom. The van der Waals surface area contributed by atoms with Gasteiger partial charge in [0.05, 0.1) is 16.2 Å². The minimum Gasteiger partial charge on any atom is -0.339 e. The highest BCUT2D eigenvalue weighted by Crippen LogP contribution is 2.20. The van der Waals surface area contributed by atoms with Crippen molar-refractivity contribution in [2.45, 2.75) is 38.5 Å². The van der Waals surface area contributed by atoms with E-state index in [1.807, 2.05) is 45.0 Å². The number of hydrogen-bond donors (Lipinski definition) is 0. The highest BCUT2D eigenvalue weighted by Gasteiger charge is 2.25. The van der Waals surface area contributed by atoms with Crippen molar-refractivity contribution in [2.75, 3.05) is 18.8 Å². The van der Waals surface area contributed by atoms with Gasteiger partial charge in [0.2, 0.25) is 0 Å². The number of hydrogen-bond acceptors (Lipinski definition) is 4. The van der Waals surface area contributed by atoms with Gasteiger partial charge in [0, 0.05) is 25.9 Å². The first-order chi connectivity index (χ1) is 13.3. The molecule has 0 bridgehead atoms. The fraction of sp³-hybridized carbons (Fsp3) is 0.364. The molecular formula is C22H27NO4S. The number of carbonyl (C=O) groups is 2. The molecule has 0 fully saturated rings. The Kier molecular flexibility index (Phi) is 7.52. The normalized spacial score (nSPS) is 11.2. The molecule has 0 aliphatic carbocycles. The molecule has 0 spiro atoms. The van der Waals surface area contributed by atoms with Crippen molar-refractivity contribution in [3.05, 3.63) is 65.2 Å². The van der Waals surface area contributed by atoms with E-state index < -0.39 is 9.84 Å². The molecule has 0 radical (unpaired) electrons. The molecule has 0 N–H and O–H groups in total. The lowest BCUT2D eigenvalue weighted by Gasteiger charge is -2.20. The van der Waals surface area contributed by atoms with Gasteiger partial charge in [0.1, 0.15) is 5.78 Å². The molecule has 0 saturated carbocycles. The van der Waals surface area contributed by atoms with Crippen LogP contribution in [0.25, 0.3) is 0 Å². The maximum Gasteiger partial charge on any atom is 0.255 e. The van der Waals surface area contributed by atoms with Crippen molar-refractivity contribution in [1.29, 1.82) is 0 Å². The van der Waals surface area contributed by atoms with Gasteiger partial charge in [-0.2, -0.15) is 0 Å². The lowest BCUT2D eigenvalue weighted by molar-refractivity contribution is -0.118. The molecule has 0 aliphatic rings. The molecule has 0 heterocycles. The summed E-state index contributed by atoms with van der Waals surface area (Å²) in [6.07, 6.45) is 0.125. The van der Waals surface area contributed by atoms with E-state index in [0.29, 0.717) is 13.1 Å². The molecule has 5 nitrogen and oxygen atoms in total. The van der Waals surface area contributed by atoms with Crippen molar-refractivity contribution in [3.8, 4) is 0 Å². The number of aryl methyl sites for hydroxylation is 1. The van der Waals surface area contributed by atoms with Gasteiger partial charge in [0.15, 0.2) is 9.84 Å². The highest BCUT2D eigenvalue weighted by molar-refractivity contribution is 7.91. The molecule has 0 unspecified atom stereocenters. The monoisotopic (exact) mass is 401 g/mol. The predicted octanol–water partition coefficient (Wildman–Crippen LogP) is 3.45. The zero-order chi connectivity index (χ0) is 20.7. The van der Waals surface area contributed by atoms with Gasteiger partial charge < -0.3 is 4.90 Å². The SMILES string of the molecule is CCN(CC)C(=O)c1ccccc1S(=O)(=O)CCC(=O)Cc1ccc(C)cc1. The Bertz CT molecular complexity index is 929. The zero-order valence-electron chi connectivity index (χ0n) is 16.6. The van der Waals surface area contributed by atoms with Gasteiger partial charge in [-0.3, -0.25) is 9.59 Å². The minimum atomic E-state index is -3.75. The third-order valence-corrected chi connectivity index (χ3v) is 6.44. The van der Waals surface area contributed by atoms with Gasteiger partial charge in [0.25, 0.3) is 5.91 Å². The van der Waals surface area contributed by atoms with E-state index in [4.69, 9.17) is 0 Å². The maximum absolute atomic E-state index is 12.8. The first-order valence-corrected chi connectivity index (χ1v) is 11.1. The van der Waals surface area contributed by atoms with E-state index in [1.165, 1.54) is 12.1 Å². The van der Waals surface area contributed by atoms with Crippen LogP contribution in [0.15, 0.2) is 53.4 Å². The molecule has 2 aromatic rings. The zero-order valence-corrected chi connectivity index (χ0v) is 17.5. The second-order valence-corrected chi connectivity index (χ2v) is 8.82. The molecule has 2 rings (SSSR count). The number of ketones is 1. The number of carbonyl (C=O) groups excluding carboxylic acids is 2. The van der Waals surface area contributed by atoms with Gasteiger partial charge >= 0.3 is 0 Å². The third kappa shape index (κ3) is 5.52. The number of benzene rings is 2. The van der Waals surface area contributed by atoms with Crippen LogP contribution in [-0.2, 0) is 21.1 Å². The first kappa shape index (κ1) is 21.8. The summed E-state index contributed by atoms with van der Waals surface area (Å²) in [5.74, 6) is -0.754. The number of nitrogens with zero attached hydrogens (tertiary/aromatic N) is 1. The van der Waals surface area contributed by atoms with Crippen LogP contribution in [0.4, 0.5) is 0 Å². The molecular weight excluding hydrogens is 374 g/mol. The van der Waals surface area contributed by atoms with E-state index in [1.54, 1.807) is 17.0 Å². The van der Waals surface area contributed by atoms with Gasteiger partial charge in [-0.05, 0) is 38.5 Å². The van der Waals surface area contributed by atoms with Crippen LogP contribution in [0.2, 0.25) is 0 Å². The number of amides is 1. The van der Waals surface area contributed by atoms with Gasteiger partial charge in [-0.15, -0.1) is 0 Å². The van der Waals surface area contributed by atoms with E-state index >= 15 is 0 Å². The highest BCUT2D eigenvalue weighted by atomic mass is 32.2. The second-order valence-electron chi connectivity index (χ2n) is 6.74. The lowest BCUT2D eigenvalue weighted by Crippen LogP contribution is -2.31. The van der Waals surface area contributed by atoms with Gasteiger partial charge in [-0.1, -0.05) is 42.0 Å². The van der Waals surface area contributed by atoms with Crippen molar-refractivity contribution in [1.82, 2.24) is 4.90 Å². The molecule has 0 aliphatic heterocycles. The molecule has 0 aromatic heterocycles. The Hall–Kier alpha value is -2.47. The summed E-state index contributed by atoms with van der Waals surface area (Å²) in [6.45, 7) is 6.66. The van der Waals surface area contributed by atoms with Crippen LogP contribution in [-0.4, -0.2) is 43.9 Å². The van der Waals surface area contributed by atoms with Gasteiger partial charge in [-0.25, -0.2) is 8.42 Å². The molecule has 150 valence electrons. The minimum absolute atomic E-state index is 0.00460. The van der Waals surface area contributed by atoms with Crippen LogP contribution in [0, 0.1) is 6.92 Å². The summed E-state index contributed by atoms with van der Waals surface area (Å²) < 4.78 is 25.7. The fourth-order valence-electron chi connectivity index (χ4n) is 2.98. The molecule has 1 amide bonds. The molecule has 2 aromatic carbocycles. The topological polar surface area (TPSA) is 71.5 Å². The molecule has 28 heavy (non-hydrogen) atoms. The number of Topliss-reactive ketones (excluding diaryl/α,β-unsaturated/α-hetero) is 1. The van der Waals surface area contributed by atoms with Crippen LogP contribution in [0.3, 0.4) is 0 Å². The average molecular weight is 402 g/mol. The number of rotatable bonds is 9. The fourth-order valence-corrected chi connectivity index (χ4v) is 4.47. The molecule has 0 saturated heterocycles. The third-order valence-electron chi connectivity index (χ3n) is 4.67. The van der Waals surface area contributed by atoms with E-state index in [-0.39, 0.29) is 40.7 Å². The average Bonchev–Trinajstić information content (AvgIpc) is 2.69. The van der Waals surface area contributed by atoms with Crippen LogP contribution in [0.1, 0.15) is 41.8 Å². The summed E-state index contributed by atoms with van der Waals surface area (Å²) in [5, 5.41) is 0. The number of sulfone groups is 1. The smallest absolute Gasteiger partial charge is 0.255 e. The van der Waals surface area contributed by atoms with E-state index in [9.17, 15) is 18.0 Å². The summed E-state index contributed by atoms with van der Waals surface area (Å²) in [7, 11) is -3.75. The Morgan fingerprint density at radius 3 is 2.14 bits per heavy atom. The Balaban J connectivity index is 2.13. The Labute approximate surface area is 167 Å². The first-order valence-electron chi connectivity index (χ1n) is 9.46. The van der Waals surface area contributed by atoms with E-state index in [0.717, 1.165) is 11.1 Å². The predicted molar refractivity (Wildman–Crippen MR) is 110 cm³/mol. The summed E-state index contributed by atoms with van der Waals surface area (Å²) >= 11 is 0. The maximum atomic E-state index is 12.8. The summed E-state index contributed by atoms with van der Waals surface area (Å²) in [6, 6.07) is 13.8.